The minimum absolute atomic E-state index is 0.212. The molecule has 21 heavy (non-hydrogen) atoms. The molecule has 0 bridgehead atoms. The normalized spacial score (nSPS) is 11.8. The molecule has 0 radical (unpaired) electrons. The van der Waals surface area contributed by atoms with Crippen molar-refractivity contribution in [3.05, 3.63) is 53.7 Å². The van der Waals surface area contributed by atoms with Crippen LogP contribution in [0.3, 0.4) is 0 Å². The maximum absolute atomic E-state index is 7.95. The Morgan fingerprint density at radius 2 is 1.90 bits per heavy atom. The van der Waals surface area contributed by atoms with Crippen molar-refractivity contribution in [3.63, 3.8) is 0 Å². The van der Waals surface area contributed by atoms with Gasteiger partial charge in [0.05, 0.1) is 0 Å². The van der Waals surface area contributed by atoms with Crippen LogP contribution in [0.5, 0.6) is 0 Å². The number of rotatable bonds is 4. The smallest absolute Gasteiger partial charge is 0.198 e. The number of hydrogen-bond acceptors (Lipinski definition) is 2. The Kier molecular flexibility index (Phi) is 4.93. The number of anilines is 2. The van der Waals surface area contributed by atoms with E-state index in [0.29, 0.717) is 11.7 Å². The fourth-order valence-corrected chi connectivity index (χ4v) is 2.04. The van der Waals surface area contributed by atoms with Gasteiger partial charge in [0.1, 0.15) is 5.82 Å². The van der Waals surface area contributed by atoms with Gasteiger partial charge in [-0.3, -0.25) is 5.41 Å². The Morgan fingerprint density at radius 3 is 2.52 bits per heavy atom. The fraction of sp³-hybridized carbons (Fsp3) is 0.294. The molecule has 0 aliphatic carbocycles. The summed E-state index contributed by atoms with van der Waals surface area (Å²) in [5.41, 5.74) is 3.33. The van der Waals surface area contributed by atoms with E-state index in [1.54, 1.807) is 6.20 Å². The zero-order chi connectivity index (χ0) is 15.2. The summed E-state index contributed by atoms with van der Waals surface area (Å²) < 4.78 is 0. The van der Waals surface area contributed by atoms with Gasteiger partial charge in [-0.2, -0.15) is 0 Å². The second kappa shape index (κ2) is 6.88. The minimum Gasteiger partial charge on any atom is -0.326 e. The molecule has 1 unspecified atom stereocenters. The Hall–Kier alpha value is -2.36. The topological polar surface area (TPSA) is 60.8 Å². The molecular formula is C17H22N4. The molecule has 0 amide bonds. The first-order valence-electron chi connectivity index (χ1n) is 7.23. The molecular weight excluding hydrogens is 260 g/mol. The number of aryl methyl sites for hydroxylation is 1. The van der Waals surface area contributed by atoms with Crippen molar-refractivity contribution in [1.82, 2.24) is 4.98 Å². The van der Waals surface area contributed by atoms with E-state index in [1.807, 2.05) is 31.2 Å². The molecule has 1 heterocycles. The van der Waals surface area contributed by atoms with Crippen LogP contribution < -0.4 is 10.6 Å². The van der Waals surface area contributed by atoms with Gasteiger partial charge in [0, 0.05) is 11.9 Å². The van der Waals surface area contributed by atoms with Crippen molar-refractivity contribution in [1.29, 1.82) is 5.41 Å². The predicted octanol–water partition coefficient (Wildman–Crippen LogP) is 4.36. The summed E-state index contributed by atoms with van der Waals surface area (Å²) in [4.78, 5) is 4.18. The van der Waals surface area contributed by atoms with Gasteiger partial charge in [-0.25, -0.2) is 4.98 Å². The molecule has 3 N–H and O–H groups in total. The Labute approximate surface area is 126 Å². The summed E-state index contributed by atoms with van der Waals surface area (Å²) in [6, 6.07) is 12.0. The van der Waals surface area contributed by atoms with E-state index in [4.69, 9.17) is 5.41 Å². The van der Waals surface area contributed by atoms with Crippen LogP contribution in [0.4, 0.5) is 11.5 Å². The first-order valence-corrected chi connectivity index (χ1v) is 7.23. The van der Waals surface area contributed by atoms with Crippen molar-refractivity contribution >= 4 is 17.5 Å². The van der Waals surface area contributed by atoms with Gasteiger partial charge < -0.3 is 10.6 Å². The third-order valence-electron chi connectivity index (χ3n) is 3.53. The minimum atomic E-state index is 0.212. The molecule has 0 aliphatic rings. The number of nitrogens with one attached hydrogen (secondary N) is 3. The van der Waals surface area contributed by atoms with Gasteiger partial charge in [0.15, 0.2) is 5.96 Å². The first kappa shape index (κ1) is 15.0. The maximum Gasteiger partial charge on any atom is 0.198 e. The molecule has 110 valence electrons. The third kappa shape index (κ3) is 4.31. The molecule has 0 saturated carbocycles. The van der Waals surface area contributed by atoms with Crippen LogP contribution in [-0.2, 0) is 0 Å². The highest BCUT2D eigenvalue weighted by molar-refractivity contribution is 6.00. The number of guanidine groups is 1. The van der Waals surface area contributed by atoms with E-state index in [-0.39, 0.29) is 5.96 Å². The average Bonchev–Trinajstić information content (AvgIpc) is 2.47. The van der Waals surface area contributed by atoms with Crippen LogP contribution in [0.25, 0.3) is 0 Å². The molecule has 0 saturated heterocycles. The quantitative estimate of drug-likeness (QED) is 0.576. The lowest BCUT2D eigenvalue weighted by Crippen LogP contribution is -2.21. The fourth-order valence-electron chi connectivity index (χ4n) is 2.04. The molecule has 2 rings (SSSR count). The molecule has 1 atom stereocenters. The average molecular weight is 282 g/mol. The van der Waals surface area contributed by atoms with E-state index in [1.165, 1.54) is 5.56 Å². The Balaban J connectivity index is 1.96. The highest BCUT2D eigenvalue weighted by Gasteiger charge is 2.04. The van der Waals surface area contributed by atoms with Crippen LogP contribution in [-0.4, -0.2) is 10.9 Å². The lowest BCUT2D eigenvalue weighted by molar-refractivity contribution is 0.734. The summed E-state index contributed by atoms with van der Waals surface area (Å²) in [6.45, 7) is 6.40. The zero-order valence-electron chi connectivity index (χ0n) is 12.8. The standard InChI is InChI=1S/C17H22N4/c1-4-13(3)14-5-7-15(8-6-14)20-17(18)21-16-11-12(2)9-10-19-16/h5-11,13H,4H2,1-3H3,(H3,18,19,20,21). The molecule has 2 aromatic rings. The van der Waals surface area contributed by atoms with Gasteiger partial charge in [-0.1, -0.05) is 26.0 Å². The van der Waals surface area contributed by atoms with Crippen molar-refractivity contribution in [2.45, 2.75) is 33.1 Å². The molecule has 1 aromatic carbocycles. The number of nitrogens with zero attached hydrogens (tertiary/aromatic N) is 1. The Bertz CT molecular complexity index is 604. The van der Waals surface area contributed by atoms with E-state index >= 15 is 0 Å². The van der Waals surface area contributed by atoms with E-state index in [0.717, 1.165) is 17.7 Å². The van der Waals surface area contributed by atoms with Crippen LogP contribution in [0.15, 0.2) is 42.6 Å². The Morgan fingerprint density at radius 1 is 1.19 bits per heavy atom. The molecule has 4 heteroatoms. The number of pyridine rings is 1. The molecule has 0 spiro atoms. The monoisotopic (exact) mass is 282 g/mol. The highest BCUT2D eigenvalue weighted by Crippen LogP contribution is 2.20. The van der Waals surface area contributed by atoms with Crippen LogP contribution in [0.2, 0.25) is 0 Å². The third-order valence-corrected chi connectivity index (χ3v) is 3.53. The molecule has 0 aliphatic heterocycles. The van der Waals surface area contributed by atoms with Gasteiger partial charge >= 0.3 is 0 Å². The van der Waals surface area contributed by atoms with Crippen molar-refractivity contribution < 1.29 is 0 Å². The zero-order valence-corrected chi connectivity index (χ0v) is 12.8. The van der Waals surface area contributed by atoms with Crippen LogP contribution in [0, 0.1) is 12.3 Å². The molecule has 1 aromatic heterocycles. The molecule has 4 nitrogen and oxygen atoms in total. The summed E-state index contributed by atoms with van der Waals surface area (Å²) in [6.07, 6.45) is 2.86. The van der Waals surface area contributed by atoms with Crippen LogP contribution in [0.1, 0.15) is 37.3 Å². The first-order chi connectivity index (χ1) is 10.1. The van der Waals surface area contributed by atoms with Crippen molar-refractivity contribution in [2.24, 2.45) is 0 Å². The van der Waals surface area contributed by atoms with Gasteiger partial charge in [0.2, 0.25) is 0 Å². The van der Waals surface area contributed by atoms with Gasteiger partial charge in [-0.15, -0.1) is 0 Å². The lowest BCUT2D eigenvalue weighted by Gasteiger charge is -2.12. The molecule has 0 fully saturated rings. The van der Waals surface area contributed by atoms with E-state index in [9.17, 15) is 0 Å². The predicted molar refractivity (Wildman–Crippen MR) is 89.1 cm³/mol. The SMILES string of the molecule is CCC(C)c1ccc(NC(=N)Nc2cc(C)ccn2)cc1. The van der Waals surface area contributed by atoms with Crippen molar-refractivity contribution in [3.8, 4) is 0 Å². The largest absolute Gasteiger partial charge is 0.326 e. The maximum atomic E-state index is 7.95. The van der Waals surface area contributed by atoms with Crippen molar-refractivity contribution in [2.75, 3.05) is 10.6 Å². The second-order valence-electron chi connectivity index (χ2n) is 5.27. The summed E-state index contributed by atoms with van der Waals surface area (Å²) in [7, 11) is 0. The number of hydrogen-bond donors (Lipinski definition) is 3. The second-order valence-corrected chi connectivity index (χ2v) is 5.27. The summed E-state index contributed by atoms with van der Waals surface area (Å²) in [5.74, 6) is 1.45. The van der Waals surface area contributed by atoms with Gasteiger partial charge in [-0.05, 0) is 54.7 Å². The van der Waals surface area contributed by atoms with Crippen LogP contribution >= 0.6 is 0 Å². The lowest BCUT2D eigenvalue weighted by atomic mass is 9.99. The number of aromatic nitrogens is 1. The summed E-state index contributed by atoms with van der Waals surface area (Å²) in [5, 5.41) is 13.9. The van der Waals surface area contributed by atoms with Gasteiger partial charge in [0.25, 0.3) is 0 Å². The van der Waals surface area contributed by atoms with E-state index in [2.05, 4.69) is 41.6 Å². The summed E-state index contributed by atoms with van der Waals surface area (Å²) >= 11 is 0. The number of benzene rings is 1. The highest BCUT2D eigenvalue weighted by atomic mass is 15.2. The van der Waals surface area contributed by atoms with E-state index < -0.39 is 0 Å².